The number of nitrogens with two attached hydrogens (primary N) is 1. The van der Waals surface area contributed by atoms with Crippen LogP contribution in [0.25, 0.3) is 0 Å². The Kier molecular flexibility index (Phi) is 4.10. The summed E-state index contributed by atoms with van der Waals surface area (Å²) in [6.45, 7) is 0.437. The van der Waals surface area contributed by atoms with Gasteiger partial charge in [-0.05, 0) is 37.1 Å². The second-order valence-corrected chi connectivity index (χ2v) is 5.25. The van der Waals surface area contributed by atoms with Crippen molar-refractivity contribution in [2.45, 2.75) is 25.7 Å². The van der Waals surface area contributed by atoms with Gasteiger partial charge in [-0.3, -0.25) is 4.79 Å². The molecule has 0 radical (unpaired) electrons. The van der Waals surface area contributed by atoms with Crippen molar-refractivity contribution in [3.63, 3.8) is 0 Å². The normalized spacial score (nSPS) is 17.2. The van der Waals surface area contributed by atoms with Crippen LogP contribution >= 0.6 is 0 Å². The quantitative estimate of drug-likeness (QED) is 0.904. The Bertz CT molecular complexity index is 436. The Morgan fingerprint density at radius 2 is 1.89 bits per heavy atom. The molecule has 2 N–H and O–H groups in total. The van der Waals surface area contributed by atoms with E-state index in [0.717, 1.165) is 37.1 Å². The lowest BCUT2D eigenvalue weighted by Gasteiger charge is -2.31. The van der Waals surface area contributed by atoms with Crippen LogP contribution in [0.15, 0.2) is 24.3 Å². The lowest BCUT2D eigenvalue weighted by Crippen LogP contribution is -2.45. The number of hydrogen-bond acceptors (Lipinski definition) is 3. The molecule has 1 aliphatic rings. The van der Waals surface area contributed by atoms with Gasteiger partial charge in [0.25, 0.3) is 0 Å². The highest BCUT2D eigenvalue weighted by atomic mass is 16.5. The largest absolute Gasteiger partial charge is 0.497 e. The van der Waals surface area contributed by atoms with Gasteiger partial charge in [-0.1, -0.05) is 12.8 Å². The van der Waals surface area contributed by atoms with Crippen molar-refractivity contribution >= 4 is 11.6 Å². The second-order valence-electron chi connectivity index (χ2n) is 5.25. The molecule has 104 valence electrons. The molecule has 1 aromatic rings. The van der Waals surface area contributed by atoms with Crippen LogP contribution in [0.3, 0.4) is 0 Å². The zero-order chi connectivity index (χ0) is 13.9. The minimum Gasteiger partial charge on any atom is -0.497 e. The molecule has 1 aromatic carbocycles. The van der Waals surface area contributed by atoms with E-state index >= 15 is 0 Å². The van der Waals surface area contributed by atoms with E-state index in [0.29, 0.717) is 6.54 Å². The molecule has 0 atom stereocenters. The molecule has 19 heavy (non-hydrogen) atoms. The van der Waals surface area contributed by atoms with Gasteiger partial charge in [0, 0.05) is 19.3 Å². The molecule has 4 heteroatoms. The van der Waals surface area contributed by atoms with Crippen molar-refractivity contribution in [2.24, 2.45) is 11.1 Å². The fourth-order valence-electron chi connectivity index (χ4n) is 2.84. The van der Waals surface area contributed by atoms with E-state index in [1.165, 1.54) is 0 Å². The van der Waals surface area contributed by atoms with Gasteiger partial charge in [-0.2, -0.15) is 0 Å². The molecule has 0 saturated heterocycles. The number of anilines is 1. The average Bonchev–Trinajstić information content (AvgIpc) is 2.96. The summed E-state index contributed by atoms with van der Waals surface area (Å²) in [6, 6.07) is 7.53. The minimum absolute atomic E-state index is 0.137. The van der Waals surface area contributed by atoms with E-state index < -0.39 is 0 Å². The van der Waals surface area contributed by atoms with Crippen molar-refractivity contribution in [1.82, 2.24) is 0 Å². The Labute approximate surface area is 114 Å². The molecule has 1 saturated carbocycles. The van der Waals surface area contributed by atoms with E-state index in [2.05, 4.69) is 0 Å². The monoisotopic (exact) mass is 262 g/mol. The number of carbonyl (C=O) groups excluding carboxylic acids is 1. The first-order valence-corrected chi connectivity index (χ1v) is 6.75. The zero-order valence-corrected chi connectivity index (χ0v) is 11.7. The summed E-state index contributed by atoms with van der Waals surface area (Å²) in [6.07, 6.45) is 4.00. The van der Waals surface area contributed by atoms with Gasteiger partial charge in [0.15, 0.2) is 0 Å². The third kappa shape index (κ3) is 2.59. The van der Waals surface area contributed by atoms with E-state index in [1.807, 2.05) is 31.3 Å². The smallest absolute Gasteiger partial charge is 0.234 e. The van der Waals surface area contributed by atoms with Gasteiger partial charge in [-0.15, -0.1) is 0 Å². The van der Waals surface area contributed by atoms with Crippen molar-refractivity contribution in [1.29, 1.82) is 0 Å². The summed E-state index contributed by atoms with van der Waals surface area (Å²) in [7, 11) is 3.45. The highest BCUT2D eigenvalue weighted by Crippen LogP contribution is 2.39. The number of benzene rings is 1. The highest BCUT2D eigenvalue weighted by molar-refractivity contribution is 5.97. The third-order valence-electron chi connectivity index (χ3n) is 4.17. The van der Waals surface area contributed by atoms with E-state index in [-0.39, 0.29) is 11.3 Å². The third-order valence-corrected chi connectivity index (χ3v) is 4.17. The van der Waals surface area contributed by atoms with Crippen LogP contribution in [-0.4, -0.2) is 26.6 Å². The Hall–Kier alpha value is -1.55. The lowest BCUT2D eigenvalue weighted by atomic mass is 9.84. The second kappa shape index (κ2) is 5.61. The van der Waals surface area contributed by atoms with Crippen molar-refractivity contribution in [2.75, 3.05) is 25.6 Å². The molecule has 0 spiro atoms. The molecule has 1 amide bonds. The van der Waals surface area contributed by atoms with Gasteiger partial charge < -0.3 is 15.4 Å². The van der Waals surface area contributed by atoms with Gasteiger partial charge >= 0.3 is 0 Å². The SMILES string of the molecule is COc1ccc(N(C)C(=O)C2(CN)CCCC2)cc1. The van der Waals surface area contributed by atoms with Crippen molar-refractivity contribution in [3.8, 4) is 5.75 Å². The molecule has 0 bridgehead atoms. The van der Waals surface area contributed by atoms with Gasteiger partial charge in [-0.25, -0.2) is 0 Å². The molecule has 0 heterocycles. The van der Waals surface area contributed by atoms with E-state index in [4.69, 9.17) is 10.5 Å². The molecule has 0 aliphatic heterocycles. The maximum absolute atomic E-state index is 12.7. The molecular formula is C15H22N2O2. The molecule has 0 aromatic heterocycles. The van der Waals surface area contributed by atoms with E-state index in [1.54, 1.807) is 12.0 Å². The summed E-state index contributed by atoms with van der Waals surface area (Å²) >= 11 is 0. The summed E-state index contributed by atoms with van der Waals surface area (Å²) < 4.78 is 5.13. The number of rotatable bonds is 4. The number of ether oxygens (including phenoxy) is 1. The van der Waals surface area contributed by atoms with Crippen LogP contribution in [-0.2, 0) is 4.79 Å². The van der Waals surface area contributed by atoms with Gasteiger partial charge in [0.05, 0.1) is 12.5 Å². The molecule has 0 unspecified atom stereocenters. The first-order chi connectivity index (χ1) is 9.13. The van der Waals surface area contributed by atoms with Crippen LogP contribution in [0.2, 0.25) is 0 Å². The summed E-state index contributed by atoms with van der Waals surface area (Å²) in [5, 5.41) is 0. The molecular weight excluding hydrogens is 240 g/mol. The molecule has 4 nitrogen and oxygen atoms in total. The fourth-order valence-corrected chi connectivity index (χ4v) is 2.84. The Balaban J connectivity index is 2.17. The predicted molar refractivity (Wildman–Crippen MR) is 76.4 cm³/mol. The van der Waals surface area contributed by atoms with Crippen LogP contribution in [0.1, 0.15) is 25.7 Å². The number of hydrogen-bond donors (Lipinski definition) is 1. The van der Waals surface area contributed by atoms with Gasteiger partial charge in [0.1, 0.15) is 5.75 Å². The maximum Gasteiger partial charge on any atom is 0.234 e. The zero-order valence-electron chi connectivity index (χ0n) is 11.7. The summed E-state index contributed by atoms with van der Waals surface area (Å²) in [4.78, 5) is 14.4. The number of methoxy groups -OCH3 is 1. The van der Waals surface area contributed by atoms with Gasteiger partial charge in [0.2, 0.25) is 5.91 Å². The maximum atomic E-state index is 12.7. The number of nitrogens with zero attached hydrogens (tertiary/aromatic N) is 1. The topological polar surface area (TPSA) is 55.6 Å². The fraction of sp³-hybridized carbons (Fsp3) is 0.533. The van der Waals surface area contributed by atoms with E-state index in [9.17, 15) is 4.79 Å². The minimum atomic E-state index is -0.353. The first-order valence-electron chi connectivity index (χ1n) is 6.75. The molecule has 2 rings (SSSR count). The summed E-state index contributed by atoms with van der Waals surface area (Å²) in [5.41, 5.74) is 6.39. The lowest BCUT2D eigenvalue weighted by molar-refractivity contribution is -0.127. The number of carbonyl (C=O) groups is 1. The standard InChI is InChI=1S/C15H22N2O2/c1-17(12-5-7-13(19-2)8-6-12)14(18)15(11-16)9-3-4-10-15/h5-8H,3-4,9-11,16H2,1-2H3. The van der Waals surface area contributed by atoms with Crippen LogP contribution in [0.4, 0.5) is 5.69 Å². The summed E-state index contributed by atoms with van der Waals surface area (Å²) in [5.74, 6) is 0.927. The van der Waals surface area contributed by atoms with Crippen molar-refractivity contribution < 1.29 is 9.53 Å². The molecule has 1 fully saturated rings. The predicted octanol–water partition coefficient (Wildman–Crippen LogP) is 2.18. The Morgan fingerprint density at radius 3 is 2.37 bits per heavy atom. The Morgan fingerprint density at radius 1 is 1.32 bits per heavy atom. The molecule has 1 aliphatic carbocycles. The van der Waals surface area contributed by atoms with Crippen molar-refractivity contribution in [3.05, 3.63) is 24.3 Å². The highest BCUT2D eigenvalue weighted by Gasteiger charge is 2.41. The van der Waals surface area contributed by atoms with Crippen LogP contribution in [0.5, 0.6) is 5.75 Å². The number of amides is 1. The van der Waals surface area contributed by atoms with Crippen LogP contribution in [0, 0.1) is 5.41 Å². The average molecular weight is 262 g/mol. The van der Waals surface area contributed by atoms with Crippen LogP contribution < -0.4 is 15.4 Å². The first kappa shape index (κ1) is 13.9.